The van der Waals surface area contributed by atoms with Gasteiger partial charge in [-0.05, 0) is 76.1 Å². The van der Waals surface area contributed by atoms with Gasteiger partial charge in [0.25, 0.3) is 10.1 Å². The van der Waals surface area contributed by atoms with Crippen LogP contribution in [-0.4, -0.2) is 49.9 Å². The lowest BCUT2D eigenvalue weighted by atomic mass is 9.96. The molecule has 0 saturated heterocycles. The molecular weight excluding hydrogens is 546 g/mol. The van der Waals surface area contributed by atoms with Crippen molar-refractivity contribution in [2.45, 2.75) is 58.7 Å². The van der Waals surface area contributed by atoms with Crippen molar-refractivity contribution in [3.05, 3.63) is 95.6 Å². The average molecular weight is 586 g/mol. The van der Waals surface area contributed by atoms with Crippen LogP contribution in [0.5, 0.6) is 11.5 Å². The van der Waals surface area contributed by atoms with E-state index in [4.69, 9.17) is 18.8 Å². The van der Waals surface area contributed by atoms with Crippen molar-refractivity contribution >= 4 is 22.1 Å². The summed E-state index contributed by atoms with van der Waals surface area (Å²) in [5.74, 6) is -1.35. The quantitative estimate of drug-likeness (QED) is 0.185. The van der Waals surface area contributed by atoms with Gasteiger partial charge in [-0.25, -0.2) is 9.59 Å². The highest BCUT2D eigenvalue weighted by Gasteiger charge is 2.31. The highest BCUT2D eigenvalue weighted by atomic mass is 32.2. The molecule has 0 heterocycles. The fourth-order valence-corrected chi connectivity index (χ4v) is 4.44. The molecule has 3 rings (SSSR count). The first-order chi connectivity index (χ1) is 19.3. The predicted molar refractivity (Wildman–Crippen MR) is 158 cm³/mol. The topological polar surface area (TPSA) is 128 Å². The average Bonchev–Trinajstić information content (AvgIpc) is 2.92. The number of ether oxygens (including phenoxy) is 2. The van der Waals surface area contributed by atoms with Crippen molar-refractivity contribution < 1.29 is 36.8 Å². The van der Waals surface area contributed by atoms with Gasteiger partial charge in [0.05, 0.1) is 17.4 Å². The molecule has 0 spiro atoms. The molecule has 0 aliphatic heterocycles. The predicted octanol–water partition coefficient (Wildman–Crippen LogP) is 5.31. The fraction of sp³-hybridized carbons (Fsp3) is 0.355. The SMILES string of the molecule is CCC(NC(C)(C)C)C(OS(C)(=O)=O)c1ccc(OC(=O)c2ccccc2)c(OC(=O)c2ccccc2)c1.CCO. The second-order valence-electron chi connectivity index (χ2n) is 10.2. The second kappa shape index (κ2) is 15.4. The summed E-state index contributed by atoms with van der Waals surface area (Å²) in [6.45, 7) is 9.74. The largest absolute Gasteiger partial charge is 0.419 e. The van der Waals surface area contributed by atoms with Gasteiger partial charge in [-0.1, -0.05) is 49.4 Å². The first-order valence-corrected chi connectivity index (χ1v) is 15.0. The highest BCUT2D eigenvalue weighted by molar-refractivity contribution is 7.86. The molecule has 0 aliphatic rings. The molecular formula is C31H39NO8S. The van der Waals surface area contributed by atoms with Gasteiger partial charge in [0, 0.05) is 18.2 Å². The fourth-order valence-electron chi connectivity index (χ4n) is 3.82. The van der Waals surface area contributed by atoms with Crippen LogP contribution in [0.4, 0.5) is 0 Å². The van der Waals surface area contributed by atoms with Crippen LogP contribution in [0.3, 0.4) is 0 Å². The van der Waals surface area contributed by atoms with Crippen LogP contribution in [-0.2, 0) is 14.3 Å². The van der Waals surface area contributed by atoms with E-state index in [0.717, 1.165) is 6.26 Å². The molecule has 2 atom stereocenters. The molecule has 0 aliphatic carbocycles. The first kappa shape index (κ1) is 33.6. The normalized spacial score (nSPS) is 12.9. The summed E-state index contributed by atoms with van der Waals surface area (Å²) >= 11 is 0. The van der Waals surface area contributed by atoms with Crippen LogP contribution < -0.4 is 14.8 Å². The maximum Gasteiger partial charge on any atom is 0.343 e. The molecule has 0 saturated carbocycles. The van der Waals surface area contributed by atoms with Gasteiger partial charge in [0.2, 0.25) is 0 Å². The van der Waals surface area contributed by atoms with E-state index >= 15 is 0 Å². The molecule has 0 aromatic heterocycles. The molecule has 0 fully saturated rings. The van der Waals surface area contributed by atoms with Gasteiger partial charge in [-0.3, -0.25) is 4.18 Å². The zero-order valence-electron chi connectivity index (χ0n) is 24.3. The molecule has 9 nitrogen and oxygen atoms in total. The summed E-state index contributed by atoms with van der Waals surface area (Å²) < 4.78 is 41.2. The number of aliphatic hydroxyl groups excluding tert-OH is 1. The Hall–Kier alpha value is -3.57. The van der Waals surface area contributed by atoms with Gasteiger partial charge in [0.1, 0.15) is 6.10 Å². The summed E-state index contributed by atoms with van der Waals surface area (Å²) in [5.41, 5.74) is 0.695. The smallest absolute Gasteiger partial charge is 0.343 e. The zero-order valence-corrected chi connectivity index (χ0v) is 25.1. The van der Waals surface area contributed by atoms with Gasteiger partial charge in [0.15, 0.2) is 11.5 Å². The lowest BCUT2D eigenvalue weighted by Crippen LogP contribution is -2.47. The Kier molecular flexibility index (Phi) is 12.7. The molecule has 10 heteroatoms. The minimum atomic E-state index is -3.86. The number of carbonyl (C=O) groups excluding carboxylic acids is 2. The van der Waals surface area contributed by atoms with Crippen molar-refractivity contribution in [3.63, 3.8) is 0 Å². The standard InChI is InChI=1S/C29H33NO7S.C2H6O/c1-6-23(30-29(2,3)4)26(37-38(5,33)34)22-17-18-24(35-27(31)20-13-9-7-10-14-20)25(19-22)36-28(32)21-15-11-8-12-16-21;1-2-3/h7-19,23,26,30H,6H2,1-5H3;3H,2H2,1H3. The molecule has 222 valence electrons. The molecule has 2 N–H and O–H groups in total. The number of hydrogen-bond donors (Lipinski definition) is 2. The van der Waals surface area contributed by atoms with E-state index in [1.165, 1.54) is 12.1 Å². The van der Waals surface area contributed by atoms with E-state index in [1.54, 1.807) is 73.7 Å². The lowest BCUT2D eigenvalue weighted by molar-refractivity contribution is 0.0681. The van der Waals surface area contributed by atoms with E-state index in [2.05, 4.69) is 5.32 Å². The summed E-state index contributed by atoms with van der Waals surface area (Å²) in [6, 6.07) is 20.9. The van der Waals surface area contributed by atoms with Gasteiger partial charge in [-0.2, -0.15) is 8.42 Å². The maximum atomic E-state index is 12.9. The summed E-state index contributed by atoms with van der Waals surface area (Å²) in [7, 11) is -3.86. The third kappa shape index (κ3) is 11.4. The number of carbonyl (C=O) groups is 2. The van der Waals surface area contributed by atoms with Crippen molar-refractivity contribution in [2.24, 2.45) is 0 Å². The van der Waals surface area contributed by atoms with E-state index in [1.807, 2.05) is 27.7 Å². The van der Waals surface area contributed by atoms with Gasteiger partial charge < -0.3 is 19.9 Å². The molecule has 2 unspecified atom stereocenters. The Morgan fingerprint density at radius 1 is 0.829 bits per heavy atom. The van der Waals surface area contributed by atoms with Crippen LogP contribution in [0.2, 0.25) is 0 Å². The van der Waals surface area contributed by atoms with Gasteiger partial charge >= 0.3 is 11.9 Å². The molecule has 41 heavy (non-hydrogen) atoms. The van der Waals surface area contributed by atoms with E-state index in [9.17, 15) is 18.0 Å². The van der Waals surface area contributed by atoms with E-state index in [-0.39, 0.29) is 23.6 Å². The number of esters is 2. The van der Waals surface area contributed by atoms with E-state index < -0.39 is 34.2 Å². The Morgan fingerprint density at radius 3 is 1.71 bits per heavy atom. The van der Waals surface area contributed by atoms with Crippen molar-refractivity contribution in [2.75, 3.05) is 12.9 Å². The third-order valence-corrected chi connectivity index (χ3v) is 5.98. The molecule has 0 amide bonds. The number of aliphatic hydroxyl groups is 1. The Balaban J connectivity index is 0.00000187. The van der Waals surface area contributed by atoms with Crippen molar-refractivity contribution in [1.29, 1.82) is 0 Å². The minimum absolute atomic E-state index is 0.00168. The molecule has 3 aromatic carbocycles. The summed E-state index contributed by atoms with van der Waals surface area (Å²) in [4.78, 5) is 25.7. The summed E-state index contributed by atoms with van der Waals surface area (Å²) in [5, 5.41) is 11.0. The Morgan fingerprint density at radius 2 is 1.29 bits per heavy atom. The second-order valence-corrected chi connectivity index (χ2v) is 11.8. The van der Waals surface area contributed by atoms with Crippen LogP contribution in [0, 0.1) is 0 Å². The molecule has 0 radical (unpaired) electrons. The number of nitrogens with one attached hydrogen (secondary N) is 1. The van der Waals surface area contributed by atoms with Crippen molar-refractivity contribution in [3.8, 4) is 11.5 Å². The Labute approximate surface area is 242 Å². The molecule has 0 bridgehead atoms. The maximum absolute atomic E-state index is 12.9. The van der Waals surface area contributed by atoms with Crippen LogP contribution in [0.25, 0.3) is 0 Å². The number of rotatable bonds is 10. The summed E-state index contributed by atoms with van der Waals surface area (Å²) in [6.07, 6.45) is 0.583. The van der Waals surface area contributed by atoms with Crippen LogP contribution in [0.1, 0.15) is 73.4 Å². The lowest BCUT2D eigenvalue weighted by Gasteiger charge is -2.33. The highest BCUT2D eigenvalue weighted by Crippen LogP contribution is 2.35. The van der Waals surface area contributed by atoms with Crippen LogP contribution in [0.15, 0.2) is 78.9 Å². The Bertz CT molecular complexity index is 1370. The number of hydrogen-bond acceptors (Lipinski definition) is 9. The monoisotopic (exact) mass is 585 g/mol. The molecule has 3 aromatic rings. The van der Waals surface area contributed by atoms with Gasteiger partial charge in [-0.15, -0.1) is 0 Å². The third-order valence-electron chi connectivity index (χ3n) is 5.42. The zero-order chi connectivity index (χ0) is 30.6. The van der Waals surface area contributed by atoms with Crippen molar-refractivity contribution in [1.82, 2.24) is 5.32 Å². The van der Waals surface area contributed by atoms with Crippen LogP contribution >= 0.6 is 0 Å². The number of benzene rings is 3. The minimum Gasteiger partial charge on any atom is -0.419 e. The van der Waals surface area contributed by atoms with E-state index in [0.29, 0.717) is 23.1 Å². The first-order valence-electron chi connectivity index (χ1n) is 13.2.